The molecule has 5 nitrogen and oxygen atoms in total. The second-order valence-electron chi connectivity index (χ2n) is 8.06. The SMILES string of the molecule is CN1CCc2c(-c3ccccc3)cc3c(c2C1)NC(=O)/C3=C/c1ccccc1C(=O)O. The number of carboxylic acids is 1. The summed E-state index contributed by atoms with van der Waals surface area (Å²) in [6, 6.07) is 19.1. The molecule has 3 aromatic carbocycles. The Morgan fingerprint density at radius 3 is 2.55 bits per heavy atom. The fourth-order valence-corrected chi connectivity index (χ4v) is 4.54. The Bertz CT molecular complexity index is 1250. The van der Waals surface area contributed by atoms with Gasteiger partial charge in [0.15, 0.2) is 0 Å². The molecule has 0 aromatic heterocycles. The van der Waals surface area contributed by atoms with E-state index in [-0.39, 0.29) is 11.5 Å². The molecule has 0 atom stereocenters. The molecule has 5 rings (SSSR count). The molecule has 0 aliphatic carbocycles. The molecule has 31 heavy (non-hydrogen) atoms. The second kappa shape index (κ2) is 7.52. The van der Waals surface area contributed by atoms with Crippen LogP contribution < -0.4 is 5.32 Å². The zero-order valence-corrected chi connectivity index (χ0v) is 17.2. The molecule has 5 heteroatoms. The van der Waals surface area contributed by atoms with Crippen LogP contribution >= 0.6 is 0 Å². The van der Waals surface area contributed by atoms with Crippen molar-refractivity contribution in [3.63, 3.8) is 0 Å². The topological polar surface area (TPSA) is 69.6 Å². The van der Waals surface area contributed by atoms with Crippen molar-refractivity contribution < 1.29 is 14.7 Å². The number of carboxylic acid groups (broad SMARTS) is 1. The lowest BCUT2D eigenvalue weighted by Crippen LogP contribution is -2.27. The average molecular weight is 410 g/mol. The van der Waals surface area contributed by atoms with Gasteiger partial charge in [0.05, 0.1) is 11.3 Å². The average Bonchev–Trinajstić information content (AvgIpc) is 3.09. The largest absolute Gasteiger partial charge is 0.478 e. The minimum Gasteiger partial charge on any atom is -0.478 e. The summed E-state index contributed by atoms with van der Waals surface area (Å²) in [5, 5.41) is 12.6. The Labute approximate surface area is 180 Å². The van der Waals surface area contributed by atoms with Gasteiger partial charge in [-0.3, -0.25) is 4.79 Å². The van der Waals surface area contributed by atoms with Crippen LogP contribution in [0.3, 0.4) is 0 Å². The van der Waals surface area contributed by atoms with Crippen LogP contribution in [0.5, 0.6) is 0 Å². The first-order valence-corrected chi connectivity index (χ1v) is 10.3. The summed E-state index contributed by atoms with van der Waals surface area (Å²) in [4.78, 5) is 26.9. The number of likely N-dealkylation sites (N-methyl/N-ethyl adjacent to an activating group) is 1. The molecule has 1 amide bonds. The smallest absolute Gasteiger partial charge is 0.336 e. The highest BCUT2D eigenvalue weighted by Crippen LogP contribution is 2.43. The first kappa shape index (κ1) is 19.3. The first-order chi connectivity index (χ1) is 15.0. The fourth-order valence-electron chi connectivity index (χ4n) is 4.54. The van der Waals surface area contributed by atoms with Gasteiger partial charge in [-0.2, -0.15) is 0 Å². The summed E-state index contributed by atoms with van der Waals surface area (Å²) in [6.07, 6.45) is 2.61. The van der Waals surface area contributed by atoms with Gasteiger partial charge in [0.2, 0.25) is 0 Å². The van der Waals surface area contributed by atoms with Gasteiger partial charge in [0, 0.05) is 24.2 Å². The standard InChI is InChI=1S/C26H22N2O3/c1-28-12-11-19-20(16-7-3-2-4-8-16)14-21-22(25(29)27-24(21)23(19)15-28)13-17-9-5-6-10-18(17)26(30)31/h2-10,13-14H,11-12,15H2,1H3,(H,27,29)(H,30,31)/b22-13+. The molecular formula is C26H22N2O3. The third-order valence-electron chi connectivity index (χ3n) is 6.07. The maximum atomic E-state index is 13.0. The number of hydrogen-bond acceptors (Lipinski definition) is 3. The predicted molar refractivity (Wildman–Crippen MR) is 122 cm³/mol. The molecule has 154 valence electrons. The number of nitrogens with zero attached hydrogens (tertiary/aromatic N) is 1. The Kier molecular flexibility index (Phi) is 4.68. The maximum absolute atomic E-state index is 13.0. The first-order valence-electron chi connectivity index (χ1n) is 10.3. The number of hydrogen-bond donors (Lipinski definition) is 2. The van der Waals surface area contributed by atoms with E-state index in [4.69, 9.17) is 0 Å². The van der Waals surface area contributed by atoms with Crippen LogP contribution in [0, 0.1) is 0 Å². The fraction of sp³-hybridized carbons (Fsp3) is 0.154. The van der Waals surface area contributed by atoms with E-state index in [1.807, 2.05) is 18.2 Å². The number of anilines is 1. The van der Waals surface area contributed by atoms with Gasteiger partial charge in [-0.25, -0.2) is 4.79 Å². The molecule has 0 fully saturated rings. The van der Waals surface area contributed by atoms with Gasteiger partial charge in [-0.15, -0.1) is 0 Å². The summed E-state index contributed by atoms with van der Waals surface area (Å²) in [5.41, 5.74) is 7.55. The highest BCUT2D eigenvalue weighted by atomic mass is 16.4. The van der Waals surface area contributed by atoms with Crippen molar-refractivity contribution in [3.05, 3.63) is 88.5 Å². The van der Waals surface area contributed by atoms with Crippen molar-refractivity contribution in [1.82, 2.24) is 4.90 Å². The van der Waals surface area contributed by atoms with Crippen molar-refractivity contribution in [2.45, 2.75) is 13.0 Å². The molecule has 3 aromatic rings. The van der Waals surface area contributed by atoms with E-state index in [1.54, 1.807) is 30.3 Å². The van der Waals surface area contributed by atoms with Crippen molar-refractivity contribution >= 4 is 29.2 Å². The molecule has 0 saturated heterocycles. The number of rotatable bonds is 3. The van der Waals surface area contributed by atoms with Crippen LogP contribution in [-0.4, -0.2) is 35.5 Å². The third kappa shape index (κ3) is 3.33. The number of carbonyl (C=O) groups excluding carboxylic acids is 1. The van der Waals surface area contributed by atoms with Crippen molar-refractivity contribution in [3.8, 4) is 11.1 Å². The van der Waals surface area contributed by atoms with Crippen LogP contribution in [0.15, 0.2) is 60.7 Å². The van der Waals surface area contributed by atoms with Crippen LogP contribution in [0.2, 0.25) is 0 Å². The van der Waals surface area contributed by atoms with E-state index in [1.165, 1.54) is 5.56 Å². The van der Waals surface area contributed by atoms with Crippen LogP contribution in [0.1, 0.15) is 32.6 Å². The number of benzene rings is 3. The lowest BCUT2D eigenvalue weighted by molar-refractivity contribution is -0.110. The van der Waals surface area contributed by atoms with Gasteiger partial charge >= 0.3 is 5.97 Å². The monoisotopic (exact) mass is 410 g/mol. The normalized spacial score (nSPS) is 16.7. The lowest BCUT2D eigenvalue weighted by Gasteiger charge is -2.29. The minimum atomic E-state index is -1.01. The highest BCUT2D eigenvalue weighted by Gasteiger charge is 2.32. The summed E-state index contributed by atoms with van der Waals surface area (Å²) >= 11 is 0. The molecule has 0 spiro atoms. The van der Waals surface area contributed by atoms with E-state index in [9.17, 15) is 14.7 Å². The summed E-state index contributed by atoms with van der Waals surface area (Å²) in [5.74, 6) is -1.21. The van der Waals surface area contributed by atoms with Crippen LogP contribution in [0.4, 0.5) is 5.69 Å². The van der Waals surface area contributed by atoms with Crippen molar-refractivity contribution in [2.24, 2.45) is 0 Å². The maximum Gasteiger partial charge on any atom is 0.336 e. The van der Waals surface area contributed by atoms with E-state index >= 15 is 0 Å². The van der Waals surface area contributed by atoms with Crippen LogP contribution in [-0.2, 0) is 17.8 Å². The van der Waals surface area contributed by atoms with Crippen LogP contribution in [0.25, 0.3) is 22.8 Å². The molecule has 0 saturated carbocycles. The van der Waals surface area contributed by atoms with Gasteiger partial charge in [0.25, 0.3) is 5.91 Å². The molecule has 2 heterocycles. The number of fused-ring (bicyclic) bond motifs is 3. The number of nitrogens with one attached hydrogen (secondary N) is 1. The molecule has 0 radical (unpaired) electrons. The van der Waals surface area contributed by atoms with Crippen molar-refractivity contribution in [2.75, 3.05) is 18.9 Å². The number of amides is 1. The minimum absolute atomic E-state index is 0.178. The van der Waals surface area contributed by atoms with Gasteiger partial charge in [-0.1, -0.05) is 48.5 Å². The second-order valence-corrected chi connectivity index (χ2v) is 8.06. The Morgan fingerprint density at radius 1 is 1.03 bits per heavy atom. The molecule has 0 bridgehead atoms. The molecule has 2 aliphatic rings. The quantitative estimate of drug-likeness (QED) is 0.623. The summed E-state index contributed by atoms with van der Waals surface area (Å²) < 4.78 is 0. The molecule has 2 aliphatic heterocycles. The van der Waals surface area contributed by atoms with Gasteiger partial charge in [0.1, 0.15) is 0 Å². The lowest BCUT2D eigenvalue weighted by atomic mass is 9.86. The third-order valence-corrected chi connectivity index (χ3v) is 6.07. The highest BCUT2D eigenvalue weighted by molar-refractivity contribution is 6.35. The van der Waals surface area contributed by atoms with Gasteiger partial charge in [-0.05, 0) is 59.5 Å². The van der Waals surface area contributed by atoms with E-state index in [0.29, 0.717) is 11.1 Å². The number of aromatic carboxylic acids is 1. The Balaban J connectivity index is 1.74. The van der Waals surface area contributed by atoms with E-state index < -0.39 is 5.97 Å². The zero-order valence-electron chi connectivity index (χ0n) is 17.2. The van der Waals surface area contributed by atoms with E-state index in [2.05, 4.69) is 35.5 Å². The molecule has 2 N–H and O–H groups in total. The number of carbonyl (C=O) groups is 2. The zero-order chi connectivity index (χ0) is 21.5. The van der Waals surface area contributed by atoms with E-state index in [0.717, 1.165) is 47.5 Å². The Morgan fingerprint density at radius 2 is 1.77 bits per heavy atom. The van der Waals surface area contributed by atoms with Gasteiger partial charge < -0.3 is 15.3 Å². The Hall–Kier alpha value is -3.70. The predicted octanol–water partition coefficient (Wildman–Crippen LogP) is 4.53. The summed E-state index contributed by atoms with van der Waals surface area (Å²) in [6.45, 7) is 1.73. The molecular weight excluding hydrogens is 388 g/mol. The van der Waals surface area contributed by atoms with Crippen molar-refractivity contribution in [1.29, 1.82) is 0 Å². The summed E-state index contributed by atoms with van der Waals surface area (Å²) in [7, 11) is 2.08. The molecule has 0 unspecified atom stereocenters.